The highest BCUT2D eigenvalue weighted by atomic mass is 16.4. The van der Waals surface area contributed by atoms with Gasteiger partial charge in [0.05, 0.1) is 0 Å². The van der Waals surface area contributed by atoms with Gasteiger partial charge in [-0.1, -0.05) is 0 Å². The van der Waals surface area contributed by atoms with Gasteiger partial charge in [-0.05, 0) is 33.6 Å². The van der Waals surface area contributed by atoms with E-state index in [1.807, 2.05) is 0 Å². The molecule has 1 N–H and O–H groups in total. The predicted octanol–water partition coefficient (Wildman–Crippen LogP) is 1.33. The first-order chi connectivity index (χ1) is 5.54. The van der Waals surface area contributed by atoms with Crippen molar-refractivity contribution in [2.24, 2.45) is 0 Å². The van der Waals surface area contributed by atoms with Crippen LogP contribution in [0, 0.1) is 0 Å². The Balaban J connectivity index is 2.65. The van der Waals surface area contributed by atoms with Crippen molar-refractivity contribution < 1.29 is 9.90 Å². The third kappa shape index (κ3) is 1.61. The lowest BCUT2D eigenvalue weighted by Gasteiger charge is -2.29. The van der Waals surface area contributed by atoms with Crippen molar-refractivity contribution in [1.82, 2.24) is 4.90 Å². The summed E-state index contributed by atoms with van der Waals surface area (Å²) in [7, 11) is 0. The number of hydrogen-bond acceptors (Lipinski definition) is 2. The van der Waals surface area contributed by atoms with Gasteiger partial charge >= 0.3 is 5.97 Å². The topological polar surface area (TPSA) is 40.5 Å². The maximum Gasteiger partial charge on any atom is 0.320 e. The van der Waals surface area contributed by atoms with Crippen molar-refractivity contribution in [1.29, 1.82) is 0 Å². The molecule has 0 spiro atoms. The van der Waals surface area contributed by atoms with Crippen LogP contribution < -0.4 is 0 Å². The molecular weight excluding hydrogens is 154 g/mol. The smallest absolute Gasteiger partial charge is 0.320 e. The second-order valence-electron chi connectivity index (χ2n) is 3.74. The van der Waals surface area contributed by atoms with E-state index in [-0.39, 0.29) is 6.04 Å². The van der Waals surface area contributed by atoms with Crippen molar-refractivity contribution >= 4 is 5.97 Å². The van der Waals surface area contributed by atoms with Crippen LogP contribution in [0.2, 0.25) is 0 Å². The standard InChI is InChI=1S/C9H17NO2/c1-6-4-5-7(2)10(6)8(3)9(11)12/h6-8H,4-5H2,1-3H3,(H,11,12)/t6-,7-,8-/m0/s1. The Morgan fingerprint density at radius 2 is 1.83 bits per heavy atom. The summed E-state index contributed by atoms with van der Waals surface area (Å²) in [6.07, 6.45) is 2.25. The second-order valence-corrected chi connectivity index (χ2v) is 3.74. The Morgan fingerprint density at radius 3 is 2.17 bits per heavy atom. The van der Waals surface area contributed by atoms with Gasteiger partial charge in [-0.25, -0.2) is 0 Å². The molecule has 0 unspecified atom stereocenters. The Kier molecular flexibility index (Phi) is 2.73. The van der Waals surface area contributed by atoms with E-state index in [0.717, 1.165) is 12.8 Å². The number of carboxylic acid groups (broad SMARTS) is 1. The molecule has 0 aromatic rings. The lowest BCUT2D eigenvalue weighted by Crippen LogP contribution is -2.44. The number of likely N-dealkylation sites (tertiary alicyclic amines) is 1. The van der Waals surface area contributed by atoms with Gasteiger partial charge in [0.2, 0.25) is 0 Å². The first-order valence-corrected chi connectivity index (χ1v) is 4.54. The molecule has 1 rings (SSSR count). The van der Waals surface area contributed by atoms with Gasteiger partial charge in [0.1, 0.15) is 6.04 Å². The maximum absolute atomic E-state index is 10.7. The minimum absolute atomic E-state index is 0.336. The molecule has 3 nitrogen and oxygen atoms in total. The molecule has 70 valence electrons. The number of nitrogens with zero attached hydrogens (tertiary/aromatic N) is 1. The van der Waals surface area contributed by atoms with Crippen LogP contribution in [0.4, 0.5) is 0 Å². The average molecular weight is 171 g/mol. The van der Waals surface area contributed by atoms with Crippen LogP contribution in [0.3, 0.4) is 0 Å². The van der Waals surface area contributed by atoms with Crippen molar-refractivity contribution in [3.8, 4) is 0 Å². The first-order valence-electron chi connectivity index (χ1n) is 4.54. The third-order valence-electron chi connectivity index (χ3n) is 2.82. The minimum atomic E-state index is -0.712. The molecule has 0 amide bonds. The maximum atomic E-state index is 10.7. The van der Waals surface area contributed by atoms with Gasteiger partial charge in [0, 0.05) is 12.1 Å². The molecule has 12 heavy (non-hydrogen) atoms. The summed E-state index contributed by atoms with van der Waals surface area (Å²) in [5.41, 5.74) is 0. The molecule has 0 bridgehead atoms. The molecule has 0 aliphatic carbocycles. The summed E-state index contributed by atoms with van der Waals surface area (Å²) in [5, 5.41) is 8.84. The molecule has 1 aliphatic rings. The number of rotatable bonds is 2. The highest BCUT2D eigenvalue weighted by molar-refractivity contribution is 5.73. The lowest BCUT2D eigenvalue weighted by atomic mass is 10.2. The van der Waals surface area contributed by atoms with Crippen LogP contribution in [0.25, 0.3) is 0 Å². The molecule has 0 aromatic heterocycles. The Hall–Kier alpha value is -0.570. The summed E-state index contributed by atoms with van der Waals surface area (Å²) in [6, 6.07) is 0.509. The number of aliphatic carboxylic acids is 1. The average Bonchev–Trinajstić information content (AvgIpc) is 2.30. The molecule has 1 heterocycles. The monoisotopic (exact) mass is 171 g/mol. The largest absolute Gasteiger partial charge is 0.480 e. The molecule has 1 fully saturated rings. The molecule has 0 aromatic carbocycles. The van der Waals surface area contributed by atoms with Crippen molar-refractivity contribution in [3.05, 3.63) is 0 Å². The van der Waals surface area contributed by atoms with Gasteiger partial charge < -0.3 is 5.11 Å². The first kappa shape index (κ1) is 9.52. The summed E-state index contributed by atoms with van der Waals surface area (Å²) in [6.45, 7) is 5.96. The fraction of sp³-hybridized carbons (Fsp3) is 0.889. The van der Waals surface area contributed by atoms with E-state index in [0.29, 0.717) is 12.1 Å². The molecular formula is C9H17NO2. The van der Waals surface area contributed by atoms with Crippen LogP contribution in [-0.4, -0.2) is 34.1 Å². The van der Waals surface area contributed by atoms with Crippen LogP contribution in [0.1, 0.15) is 33.6 Å². The van der Waals surface area contributed by atoms with E-state index in [2.05, 4.69) is 18.7 Å². The molecule has 0 radical (unpaired) electrons. The van der Waals surface area contributed by atoms with Gasteiger partial charge in [-0.2, -0.15) is 0 Å². The van der Waals surface area contributed by atoms with Crippen molar-refractivity contribution in [2.45, 2.75) is 51.7 Å². The predicted molar refractivity (Wildman–Crippen MR) is 47.1 cm³/mol. The van der Waals surface area contributed by atoms with Gasteiger partial charge in [-0.3, -0.25) is 9.69 Å². The Bertz CT molecular complexity index is 171. The zero-order valence-electron chi connectivity index (χ0n) is 7.95. The van der Waals surface area contributed by atoms with Gasteiger partial charge in [0.25, 0.3) is 0 Å². The molecule has 3 atom stereocenters. The van der Waals surface area contributed by atoms with Crippen LogP contribution in [0.5, 0.6) is 0 Å². The highest BCUT2D eigenvalue weighted by Crippen LogP contribution is 2.25. The van der Waals surface area contributed by atoms with Crippen LogP contribution in [-0.2, 0) is 4.79 Å². The van der Waals surface area contributed by atoms with E-state index >= 15 is 0 Å². The van der Waals surface area contributed by atoms with Gasteiger partial charge in [-0.15, -0.1) is 0 Å². The second kappa shape index (κ2) is 3.44. The number of carbonyl (C=O) groups is 1. The summed E-state index contributed by atoms with van der Waals surface area (Å²) >= 11 is 0. The van der Waals surface area contributed by atoms with Crippen LogP contribution in [0.15, 0.2) is 0 Å². The van der Waals surface area contributed by atoms with E-state index < -0.39 is 5.97 Å². The minimum Gasteiger partial charge on any atom is -0.480 e. The zero-order valence-corrected chi connectivity index (χ0v) is 7.95. The van der Waals surface area contributed by atoms with E-state index in [1.54, 1.807) is 6.92 Å². The Labute approximate surface area is 73.4 Å². The zero-order chi connectivity index (χ0) is 9.30. The lowest BCUT2D eigenvalue weighted by molar-refractivity contribution is -0.143. The van der Waals surface area contributed by atoms with Crippen molar-refractivity contribution in [3.63, 3.8) is 0 Å². The van der Waals surface area contributed by atoms with Gasteiger partial charge in [0.15, 0.2) is 0 Å². The SMILES string of the molecule is C[C@H]1CC[C@H](C)N1[C@@H](C)C(=O)O. The molecule has 3 heteroatoms. The van der Waals surface area contributed by atoms with E-state index in [4.69, 9.17) is 5.11 Å². The third-order valence-corrected chi connectivity index (χ3v) is 2.82. The Morgan fingerprint density at radius 1 is 1.42 bits per heavy atom. The summed E-state index contributed by atoms with van der Waals surface area (Å²) < 4.78 is 0. The fourth-order valence-electron chi connectivity index (χ4n) is 2.11. The van der Waals surface area contributed by atoms with Crippen LogP contribution >= 0.6 is 0 Å². The summed E-state index contributed by atoms with van der Waals surface area (Å²) in [5.74, 6) is -0.712. The molecule has 1 aliphatic heterocycles. The quantitative estimate of drug-likeness (QED) is 0.681. The number of carboxylic acids is 1. The van der Waals surface area contributed by atoms with Crippen molar-refractivity contribution in [2.75, 3.05) is 0 Å². The molecule has 0 saturated carbocycles. The highest BCUT2D eigenvalue weighted by Gasteiger charge is 2.33. The van der Waals surface area contributed by atoms with E-state index in [1.165, 1.54) is 0 Å². The summed E-state index contributed by atoms with van der Waals surface area (Å²) in [4.78, 5) is 12.8. The molecule has 1 saturated heterocycles. The normalized spacial score (nSPS) is 33.6. The van der Waals surface area contributed by atoms with E-state index in [9.17, 15) is 4.79 Å². The fourth-order valence-corrected chi connectivity index (χ4v) is 2.11. The number of hydrogen-bond donors (Lipinski definition) is 1.